The monoisotopic (exact) mass is 807 g/mol. The molecule has 0 bridgehead atoms. The molecule has 5 rings (SSSR count). The van der Waals surface area contributed by atoms with Crippen molar-refractivity contribution in [3.63, 3.8) is 0 Å². The van der Waals surface area contributed by atoms with Gasteiger partial charge in [-0.3, -0.25) is 4.79 Å². The maximum atomic E-state index is 13.0. The molecule has 1 unspecified atom stereocenters. The predicted octanol–water partition coefficient (Wildman–Crippen LogP) is 7.55. The highest BCUT2D eigenvalue weighted by Crippen LogP contribution is 2.35. The molecule has 13 heteroatoms. The van der Waals surface area contributed by atoms with Crippen molar-refractivity contribution < 1.29 is 38.0 Å². The van der Waals surface area contributed by atoms with Crippen LogP contribution in [0, 0.1) is 0 Å². The molecular formula is C43H51Cl2N3O8. The van der Waals surface area contributed by atoms with Gasteiger partial charge in [0.15, 0.2) is 17.1 Å². The number of benzene rings is 4. The van der Waals surface area contributed by atoms with Crippen LogP contribution in [-0.2, 0) is 31.8 Å². The number of rotatable bonds is 26. The number of carbonyl (C=O) groups excluding carboxylic acids is 2. The summed E-state index contributed by atoms with van der Waals surface area (Å²) in [5.74, 6) is 1.66. The smallest absolute Gasteiger partial charge is 0.422 e. The zero-order valence-electron chi connectivity index (χ0n) is 31.8. The van der Waals surface area contributed by atoms with Gasteiger partial charge in [0.2, 0.25) is 0 Å². The molecule has 0 spiro atoms. The van der Waals surface area contributed by atoms with Gasteiger partial charge in [-0.2, -0.15) is 0 Å². The molecule has 4 aromatic rings. The predicted molar refractivity (Wildman–Crippen MR) is 219 cm³/mol. The van der Waals surface area contributed by atoms with Crippen LogP contribution < -0.4 is 29.7 Å². The lowest BCUT2D eigenvalue weighted by molar-refractivity contribution is -0.129. The summed E-state index contributed by atoms with van der Waals surface area (Å²) >= 11 is 12.1. The maximum absolute atomic E-state index is 13.0. The molecule has 1 saturated heterocycles. The van der Waals surface area contributed by atoms with Gasteiger partial charge >= 0.3 is 6.09 Å². The van der Waals surface area contributed by atoms with Crippen LogP contribution in [0.25, 0.3) is 0 Å². The van der Waals surface area contributed by atoms with Crippen LogP contribution in [0.3, 0.4) is 0 Å². The third-order valence-corrected chi connectivity index (χ3v) is 9.35. The molecule has 1 aliphatic heterocycles. The van der Waals surface area contributed by atoms with Crippen LogP contribution >= 0.6 is 23.2 Å². The number of cyclic esters (lactones) is 1. The van der Waals surface area contributed by atoms with Crippen molar-refractivity contribution in [3.8, 4) is 17.2 Å². The van der Waals surface area contributed by atoms with Crippen molar-refractivity contribution in [2.75, 3.05) is 77.3 Å². The van der Waals surface area contributed by atoms with E-state index in [0.717, 1.165) is 43.0 Å². The van der Waals surface area contributed by atoms with Gasteiger partial charge < -0.3 is 39.1 Å². The highest BCUT2D eigenvalue weighted by Gasteiger charge is 2.50. The Kier molecular flexibility index (Phi) is 17.6. The number of imide groups is 1. The molecule has 2 N–H and O–H groups in total. The molecule has 56 heavy (non-hydrogen) atoms. The van der Waals surface area contributed by atoms with Crippen molar-refractivity contribution in [2.24, 2.45) is 0 Å². The van der Waals surface area contributed by atoms with Gasteiger partial charge in [0.05, 0.1) is 51.9 Å². The number of hydrogen-bond donors (Lipinski definition) is 2. The molecule has 0 aliphatic carbocycles. The minimum absolute atomic E-state index is 0.278. The zero-order chi connectivity index (χ0) is 39.4. The summed E-state index contributed by atoms with van der Waals surface area (Å²) in [5.41, 5.74) is 1.43. The molecule has 1 fully saturated rings. The highest BCUT2D eigenvalue weighted by molar-refractivity contribution is 6.35. The van der Waals surface area contributed by atoms with Crippen LogP contribution in [0.4, 0.5) is 10.5 Å². The van der Waals surface area contributed by atoms with Crippen LogP contribution in [0.5, 0.6) is 17.2 Å². The van der Waals surface area contributed by atoms with Gasteiger partial charge in [0.1, 0.15) is 5.75 Å². The van der Waals surface area contributed by atoms with Gasteiger partial charge in [0.25, 0.3) is 5.91 Å². The topological polar surface area (TPSA) is 117 Å². The summed E-state index contributed by atoms with van der Waals surface area (Å²) in [7, 11) is 0. The fourth-order valence-electron chi connectivity index (χ4n) is 5.88. The van der Waals surface area contributed by atoms with E-state index in [-0.39, 0.29) is 5.69 Å². The number of nitrogens with zero attached hydrogens (tertiary/aromatic N) is 1. The molecule has 0 aromatic heterocycles. The van der Waals surface area contributed by atoms with Crippen molar-refractivity contribution in [1.82, 2.24) is 10.6 Å². The van der Waals surface area contributed by atoms with Crippen molar-refractivity contribution in [2.45, 2.75) is 38.2 Å². The lowest BCUT2D eigenvalue weighted by atomic mass is 10.0. The molecule has 300 valence electrons. The Morgan fingerprint density at radius 2 is 1.21 bits per heavy atom. The largest absolute Gasteiger partial charge is 0.493 e. The summed E-state index contributed by atoms with van der Waals surface area (Å²) in [5, 5.41) is 7.23. The number of halogens is 2. The third kappa shape index (κ3) is 14.0. The van der Waals surface area contributed by atoms with Crippen molar-refractivity contribution >= 4 is 40.9 Å². The van der Waals surface area contributed by atoms with Crippen LogP contribution in [0.1, 0.15) is 30.9 Å². The SMILES string of the molecule is CC1(CCNCCOCCOCCNCCCOc2ccc(OCCc3ccccc3)c(OCCc3ccccc3)c2)OC(=O)N(c2cc(Cl)cc(Cl)c2)C1=O. The Morgan fingerprint density at radius 1 is 0.625 bits per heavy atom. The van der Waals surface area contributed by atoms with E-state index < -0.39 is 17.6 Å². The first-order chi connectivity index (χ1) is 27.3. The number of anilines is 1. The van der Waals surface area contributed by atoms with Gasteiger partial charge in [-0.15, -0.1) is 0 Å². The lowest BCUT2D eigenvalue weighted by Gasteiger charge is -2.20. The molecule has 0 radical (unpaired) electrons. The minimum Gasteiger partial charge on any atom is -0.493 e. The second-order valence-corrected chi connectivity index (χ2v) is 14.2. The molecule has 0 saturated carbocycles. The second-order valence-electron chi connectivity index (χ2n) is 13.3. The van der Waals surface area contributed by atoms with E-state index in [9.17, 15) is 9.59 Å². The molecule has 1 aliphatic rings. The van der Waals surface area contributed by atoms with E-state index in [2.05, 4.69) is 34.9 Å². The lowest BCUT2D eigenvalue weighted by Crippen LogP contribution is -2.41. The Labute approximate surface area is 339 Å². The summed E-state index contributed by atoms with van der Waals surface area (Å²) < 4.78 is 35.1. The first kappa shape index (κ1) is 42.8. The molecule has 4 aromatic carbocycles. The van der Waals surface area contributed by atoms with Crippen LogP contribution in [0.15, 0.2) is 97.1 Å². The van der Waals surface area contributed by atoms with Crippen LogP contribution in [-0.4, -0.2) is 90.0 Å². The number of hydrogen-bond acceptors (Lipinski definition) is 10. The Hall–Kier alpha value is -4.36. The van der Waals surface area contributed by atoms with Gasteiger partial charge in [-0.25, -0.2) is 9.69 Å². The van der Waals surface area contributed by atoms with Crippen molar-refractivity contribution in [3.05, 3.63) is 118 Å². The molecule has 1 atom stereocenters. The third-order valence-electron chi connectivity index (χ3n) is 8.92. The first-order valence-electron chi connectivity index (χ1n) is 19.0. The quantitative estimate of drug-likeness (QED) is 0.0617. The van der Waals surface area contributed by atoms with Gasteiger partial charge in [0, 0.05) is 48.5 Å². The Balaban J connectivity index is 0.880. The molecule has 2 amide bonds. The van der Waals surface area contributed by atoms with E-state index in [0.29, 0.717) is 87.3 Å². The van der Waals surface area contributed by atoms with Gasteiger partial charge in [-0.1, -0.05) is 83.9 Å². The summed E-state index contributed by atoms with van der Waals surface area (Å²) in [4.78, 5) is 26.5. The molecule has 1 heterocycles. The molecule has 11 nitrogen and oxygen atoms in total. The number of carbonyl (C=O) groups is 2. The van der Waals surface area contributed by atoms with E-state index in [1.54, 1.807) is 6.92 Å². The average Bonchev–Trinajstić information content (AvgIpc) is 3.42. The van der Waals surface area contributed by atoms with E-state index >= 15 is 0 Å². The minimum atomic E-state index is -1.29. The normalized spacial score (nSPS) is 15.2. The Morgan fingerprint density at radius 3 is 1.84 bits per heavy atom. The van der Waals surface area contributed by atoms with Gasteiger partial charge in [-0.05, 0) is 67.9 Å². The summed E-state index contributed by atoms with van der Waals surface area (Å²) in [6.07, 6.45) is 1.99. The van der Waals surface area contributed by atoms with Crippen molar-refractivity contribution in [1.29, 1.82) is 0 Å². The number of ether oxygens (including phenoxy) is 6. The number of nitrogens with one attached hydrogen (secondary N) is 2. The number of amides is 2. The fourth-order valence-corrected chi connectivity index (χ4v) is 6.40. The van der Waals surface area contributed by atoms with E-state index in [4.69, 9.17) is 51.6 Å². The zero-order valence-corrected chi connectivity index (χ0v) is 33.3. The maximum Gasteiger partial charge on any atom is 0.422 e. The van der Waals surface area contributed by atoms with E-state index in [1.807, 2.05) is 54.6 Å². The summed E-state index contributed by atoms with van der Waals surface area (Å²) in [6, 6.07) is 30.8. The highest BCUT2D eigenvalue weighted by atomic mass is 35.5. The molecular weight excluding hydrogens is 757 g/mol. The second kappa shape index (κ2) is 23.0. The first-order valence-corrected chi connectivity index (χ1v) is 19.8. The van der Waals surface area contributed by atoms with Crippen LogP contribution in [0.2, 0.25) is 10.0 Å². The standard InChI is InChI=1S/C43H51Cl2N3O8/c1-43(41(49)48(42(50)56-43)37-30-35(44)29-36(45)31-37)17-19-47-21-26-52-28-27-51-25-20-46-18-8-22-53-38-13-14-39(54-23-15-33-9-4-2-5-10-33)40(32-38)55-24-16-34-11-6-3-7-12-34/h2-7,9-14,29-32,46-47H,8,15-28H2,1H3. The average molecular weight is 809 g/mol. The summed E-state index contributed by atoms with van der Waals surface area (Å²) in [6.45, 7) is 7.79. The Bertz CT molecular complexity index is 1780. The fraction of sp³-hybridized carbons (Fsp3) is 0.395. The van der Waals surface area contributed by atoms with E-state index in [1.165, 1.54) is 29.3 Å².